The number of piperidine rings is 1. The smallest absolute Gasteiger partial charge is 0.251 e. The highest BCUT2D eigenvalue weighted by Crippen LogP contribution is 2.15. The van der Waals surface area contributed by atoms with E-state index in [0.29, 0.717) is 24.8 Å². The largest absolute Gasteiger partial charge is 0.351 e. The van der Waals surface area contributed by atoms with Gasteiger partial charge in [-0.05, 0) is 43.4 Å². The fraction of sp³-hybridized carbons (Fsp3) is 0.484. The van der Waals surface area contributed by atoms with Crippen LogP contribution in [-0.2, 0) is 20.9 Å². The maximum absolute atomic E-state index is 13.2. The van der Waals surface area contributed by atoms with Gasteiger partial charge in [0.15, 0.2) is 0 Å². The van der Waals surface area contributed by atoms with Gasteiger partial charge in [-0.2, -0.15) is 0 Å². The monoisotopic (exact) mass is 534 g/mol. The maximum atomic E-state index is 13.2. The third-order valence-corrected chi connectivity index (χ3v) is 7.12. The van der Waals surface area contributed by atoms with Crippen LogP contribution >= 0.6 is 0 Å². The molecule has 0 bridgehead atoms. The second-order valence-corrected chi connectivity index (χ2v) is 10.2. The standard InChI is InChI=1S/C31H42N4O4/c1-2-27(36)16-10-5-11-17-28(34-29(37)22-32-30(38)25-14-8-4-9-15-25)31(39)33-26-18-20-35(21-19-26)23-24-12-6-3-7-13-24/h3-4,6-9,12-15,26,28H,2,5,10-11,16-23H2,1H3,(H,32,38)(H,33,39)(H,34,37)/t28-/m0/s1. The van der Waals surface area contributed by atoms with Gasteiger partial charge in [-0.15, -0.1) is 0 Å². The first-order valence-electron chi connectivity index (χ1n) is 14.2. The maximum Gasteiger partial charge on any atom is 0.251 e. The van der Waals surface area contributed by atoms with Crippen molar-refractivity contribution < 1.29 is 19.2 Å². The van der Waals surface area contributed by atoms with E-state index >= 15 is 0 Å². The van der Waals surface area contributed by atoms with Crippen LogP contribution < -0.4 is 16.0 Å². The van der Waals surface area contributed by atoms with Crippen LogP contribution in [-0.4, -0.2) is 60.1 Å². The van der Waals surface area contributed by atoms with Crippen molar-refractivity contribution in [2.75, 3.05) is 19.6 Å². The molecule has 3 N–H and O–H groups in total. The molecule has 8 nitrogen and oxygen atoms in total. The first kappa shape index (κ1) is 30.0. The van der Waals surface area contributed by atoms with Crippen molar-refractivity contribution in [3.8, 4) is 0 Å². The van der Waals surface area contributed by atoms with Crippen LogP contribution in [0.4, 0.5) is 0 Å². The molecular weight excluding hydrogens is 492 g/mol. The molecule has 0 aliphatic carbocycles. The third-order valence-electron chi connectivity index (χ3n) is 7.12. The van der Waals surface area contributed by atoms with Crippen LogP contribution in [0.1, 0.15) is 74.2 Å². The van der Waals surface area contributed by atoms with Gasteiger partial charge in [-0.3, -0.25) is 24.1 Å². The van der Waals surface area contributed by atoms with Gasteiger partial charge in [-0.25, -0.2) is 0 Å². The van der Waals surface area contributed by atoms with E-state index in [0.717, 1.165) is 51.7 Å². The number of rotatable bonds is 15. The summed E-state index contributed by atoms with van der Waals surface area (Å²) in [5.41, 5.74) is 1.75. The number of amides is 3. The van der Waals surface area contributed by atoms with Crippen LogP contribution in [0.15, 0.2) is 60.7 Å². The second kappa shape index (κ2) is 16.4. The Bertz CT molecular complexity index is 1050. The highest BCUT2D eigenvalue weighted by molar-refractivity contribution is 5.97. The Labute approximate surface area is 231 Å². The van der Waals surface area contributed by atoms with E-state index in [4.69, 9.17) is 0 Å². The van der Waals surface area contributed by atoms with E-state index in [1.807, 2.05) is 31.2 Å². The molecule has 1 heterocycles. The third kappa shape index (κ3) is 11.0. The molecule has 3 rings (SSSR count). The molecule has 1 aliphatic rings. The molecule has 2 aromatic rings. The summed E-state index contributed by atoms with van der Waals surface area (Å²) >= 11 is 0. The Hall–Kier alpha value is -3.52. The Morgan fingerprint density at radius 3 is 2.23 bits per heavy atom. The fourth-order valence-electron chi connectivity index (χ4n) is 4.77. The van der Waals surface area contributed by atoms with Crippen molar-refractivity contribution in [3.05, 3.63) is 71.8 Å². The predicted octanol–water partition coefficient (Wildman–Crippen LogP) is 3.61. The Balaban J connectivity index is 1.48. The number of hydrogen-bond acceptors (Lipinski definition) is 5. The molecule has 0 radical (unpaired) electrons. The number of nitrogens with zero attached hydrogens (tertiary/aromatic N) is 1. The van der Waals surface area contributed by atoms with Gasteiger partial charge in [0.25, 0.3) is 5.91 Å². The van der Waals surface area contributed by atoms with E-state index in [9.17, 15) is 19.2 Å². The molecule has 0 spiro atoms. The van der Waals surface area contributed by atoms with Crippen LogP contribution in [0.5, 0.6) is 0 Å². The summed E-state index contributed by atoms with van der Waals surface area (Å²) in [5.74, 6) is -0.692. The second-order valence-electron chi connectivity index (χ2n) is 10.2. The topological polar surface area (TPSA) is 108 Å². The van der Waals surface area contributed by atoms with Crippen LogP contribution in [0.3, 0.4) is 0 Å². The lowest BCUT2D eigenvalue weighted by Crippen LogP contribution is -2.53. The van der Waals surface area contributed by atoms with Crippen LogP contribution in [0, 0.1) is 0 Å². The minimum absolute atomic E-state index is 0.0592. The zero-order valence-electron chi connectivity index (χ0n) is 23.0. The van der Waals surface area contributed by atoms with Gasteiger partial charge in [-0.1, -0.05) is 68.3 Å². The first-order valence-corrected chi connectivity index (χ1v) is 14.2. The molecule has 8 heteroatoms. The minimum Gasteiger partial charge on any atom is -0.351 e. The summed E-state index contributed by atoms with van der Waals surface area (Å²) in [5, 5.41) is 8.59. The number of unbranched alkanes of at least 4 members (excludes halogenated alkanes) is 2. The molecule has 3 amide bonds. The average Bonchev–Trinajstić information content (AvgIpc) is 2.97. The summed E-state index contributed by atoms with van der Waals surface area (Å²) in [4.78, 5) is 52.1. The lowest BCUT2D eigenvalue weighted by Gasteiger charge is -2.33. The summed E-state index contributed by atoms with van der Waals surface area (Å²) in [7, 11) is 0. The number of ketones is 1. The number of benzene rings is 2. The zero-order valence-corrected chi connectivity index (χ0v) is 23.0. The Morgan fingerprint density at radius 2 is 1.56 bits per heavy atom. The van der Waals surface area contributed by atoms with Gasteiger partial charge in [0.2, 0.25) is 11.8 Å². The molecule has 1 saturated heterocycles. The van der Waals surface area contributed by atoms with Crippen molar-refractivity contribution in [2.45, 2.75) is 76.9 Å². The summed E-state index contributed by atoms with van der Waals surface area (Å²) in [6.45, 7) is 4.35. The molecule has 39 heavy (non-hydrogen) atoms. The van der Waals surface area contributed by atoms with E-state index < -0.39 is 11.9 Å². The summed E-state index contributed by atoms with van der Waals surface area (Å²) < 4.78 is 0. The van der Waals surface area contributed by atoms with Crippen LogP contribution in [0.25, 0.3) is 0 Å². The van der Waals surface area contributed by atoms with Gasteiger partial charge in [0.05, 0.1) is 6.54 Å². The van der Waals surface area contributed by atoms with Crippen molar-refractivity contribution in [1.82, 2.24) is 20.9 Å². The molecule has 1 fully saturated rings. The molecule has 1 atom stereocenters. The zero-order chi connectivity index (χ0) is 27.9. The molecule has 1 aliphatic heterocycles. The number of likely N-dealkylation sites (tertiary alicyclic amines) is 1. The van der Waals surface area contributed by atoms with Crippen LogP contribution in [0.2, 0.25) is 0 Å². The highest BCUT2D eigenvalue weighted by atomic mass is 16.2. The van der Waals surface area contributed by atoms with Gasteiger partial charge >= 0.3 is 0 Å². The van der Waals surface area contributed by atoms with E-state index in [1.54, 1.807) is 24.3 Å². The van der Waals surface area contributed by atoms with Crippen molar-refractivity contribution >= 4 is 23.5 Å². The number of hydrogen-bond donors (Lipinski definition) is 3. The van der Waals surface area contributed by atoms with Gasteiger partial charge < -0.3 is 16.0 Å². The normalized spacial score (nSPS) is 14.8. The lowest BCUT2D eigenvalue weighted by atomic mass is 10.0. The van der Waals surface area contributed by atoms with Gasteiger partial charge in [0.1, 0.15) is 11.8 Å². The van der Waals surface area contributed by atoms with E-state index in [1.165, 1.54) is 5.56 Å². The number of carbonyl (C=O) groups is 4. The fourth-order valence-corrected chi connectivity index (χ4v) is 4.77. The molecule has 210 valence electrons. The number of carbonyl (C=O) groups excluding carboxylic acids is 4. The van der Waals surface area contributed by atoms with Crippen molar-refractivity contribution in [3.63, 3.8) is 0 Å². The predicted molar refractivity (Wildman–Crippen MR) is 152 cm³/mol. The highest BCUT2D eigenvalue weighted by Gasteiger charge is 2.26. The van der Waals surface area contributed by atoms with Crippen molar-refractivity contribution in [1.29, 1.82) is 0 Å². The molecular formula is C31H42N4O4. The van der Waals surface area contributed by atoms with Crippen molar-refractivity contribution in [2.24, 2.45) is 0 Å². The molecule has 2 aromatic carbocycles. The van der Waals surface area contributed by atoms with Gasteiger partial charge in [0, 0.05) is 44.1 Å². The average molecular weight is 535 g/mol. The number of nitrogens with one attached hydrogen (secondary N) is 3. The minimum atomic E-state index is -0.685. The SMILES string of the molecule is CCC(=O)CCCCC[C@H](NC(=O)CNC(=O)c1ccccc1)C(=O)NC1CCN(Cc2ccccc2)CC1. The molecule has 0 saturated carbocycles. The first-order chi connectivity index (χ1) is 18.9. The molecule has 0 aromatic heterocycles. The lowest BCUT2D eigenvalue weighted by molar-refractivity contribution is -0.129. The Morgan fingerprint density at radius 1 is 0.897 bits per heavy atom. The summed E-state index contributed by atoms with van der Waals surface area (Å²) in [6.07, 6.45) is 5.60. The molecule has 0 unspecified atom stereocenters. The Kier molecular flexibility index (Phi) is 12.7. The van der Waals surface area contributed by atoms with E-state index in [2.05, 4.69) is 33.0 Å². The quantitative estimate of drug-likeness (QED) is 0.303. The van der Waals surface area contributed by atoms with E-state index in [-0.39, 0.29) is 30.2 Å². The summed E-state index contributed by atoms with van der Waals surface area (Å²) in [6, 6.07) is 18.4. The number of Topliss-reactive ketones (excluding diaryl/α,β-unsaturated/α-hetero) is 1.